The molecule has 1 aromatic carbocycles. The maximum atomic E-state index is 12.6. The largest absolute Gasteiger partial charge is 0.474 e. The smallest absolute Gasteiger partial charge is 0.417 e. The maximum absolute atomic E-state index is 12.6. The lowest BCUT2D eigenvalue weighted by molar-refractivity contribution is -0.137. The van der Waals surface area contributed by atoms with Gasteiger partial charge in [0.25, 0.3) is 0 Å². The zero-order valence-electron chi connectivity index (χ0n) is 14.1. The molecule has 1 unspecified atom stereocenters. The molecule has 3 rings (SSSR count). The highest BCUT2D eigenvalue weighted by atomic mass is 19.4. The van der Waals surface area contributed by atoms with E-state index in [0.29, 0.717) is 5.56 Å². The van der Waals surface area contributed by atoms with Crippen LogP contribution in [0.5, 0.6) is 5.88 Å². The van der Waals surface area contributed by atoms with Gasteiger partial charge >= 0.3 is 6.18 Å². The molecule has 1 aromatic heterocycles. The molecule has 3 atom stereocenters. The molecule has 1 fully saturated rings. The molecule has 26 heavy (non-hydrogen) atoms. The minimum atomic E-state index is -4.41. The van der Waals surface area contributed by atoms with E-state index >= 15 is 0 Å². The predicted molar refractivity (Wildman–Crippen MR) is 89.6 cm³/mol. The van der Waals surface area contributed by atoms with Crippen molar-refractivity contribution in [2.45, 2.75) is 25.1 Å². The summed E-state index contributed by atoms with van der Waals surface area (Å²) < 4.78 is 43.6. The van der Waals surface area contributed by atoms with E-state index in [1.165, 1.54) is 6.07 Å². The van der Waals surface area contributed by atoms with Crippen LogP contribution < -0.4 is 10.1 Å². The second-order valence-electron chi connectivity index (χ2n) is 6.37. The Labute approximate surface area is 149 Å². The van der Waals surface area contributed by atoms with Gasteiger partial charge < -0.3 is 10.1 Å². The first-order valence-electron chi connectivity index (χ1n) is 8.29. The minimum Gasteiger partial charge on any atom is -0.474 e. The van der Waals surface area contributed by atoms with Crippen molar-refractivity contribution in [2.75, 3.05) is 13.1 Å². The number of ether oxygens (including phenoxy) is 1. The zero-order valence-corrected chi connectivity index (χ0v) is 14.1. The van der Waals surface area contributed by atoms with Crippen molar-refractivity contribution in [2.24, 2.45) is 5.92 Å². The highest BCUT2D eigenvalue weighted by molar-refractivity contribution is 5.34. The number of alkyl halides is 3. The summed E-state index contributed by atoms with van der Waals surface area (Å²) in [5.74, 6) is 0.523. The molecule has 1 N–H and O–H groups in total. The summed E-state index contributed by atoms with van der Waals surface area (Å²) in [6.07, 6.45) is -3.85. The molecule has 0 radical (unpaired) electrons. The van der Waals surface area contributed by atoms with Crippen LogP contribution in [0.15, 0.2) is 42.6 Å². The SMILES string of the molecule is CC(Oc1ccc(C(F)(F)F)cn1)[C@@H]1CNC[C@@H]1c1ccc(C#N)cc1. The Balaban J connectivity index is 1.70. The summed E-state index contributed by atoms with van der Waals surface area (Å²) in [5, 5.41) is 12.2. The Kier molecular flexibility index (Phi) is 5.14. The fraction of sp³-hybridized carbons (Fsp3) is 0.368. The zero-order chi connectivity index (χ0) is 18.7. The fourth-order valence-corrected chi connectivity index (χ4v) is 3.26. The van der Waals surface area contributed by atoms with Crippen LogP contribution >= 0.6 is 0 Å². The average molecular weight is 361 g/mol. The van der Waals surface area contributed by atoms with Crippen LogP contribution in [0.3, 0.4) is 0 Å². The van der Waals surface area contributed by atoms with Crippen LogP contribution in [0.1, 0.15) is 29.5 Å². The van der Waals surface area contributed by atoms with Gasteiger partial charge in [-0.1, -0.05) is 12.1 Å². The van der Waals surface area contributed by atoms with E-state index in [1.54, 1.807) is 12.1 Å². The number of rotatable bonds is 4. The number of pyridine rings is 1. The highest BCUT2D eigenvalue weighted by Gasteiger charge is 2.34. The second kappa shape index (κ2) is 7.34. The lowest BCUT2D eigenvalue weighted by Gasteiger charge is -2.25. The lowest BCUT2D eigenvalue weighted by Crippen LogP contribution is -2.29. The monoisotopic (exact) mass is 361 g/mol. The fourth-order valence-electron chi connectivity index (χ4n) is 3.26. The Bertz CT molecular complexity index is 782. The molecule has 4 nitrogen and oxygen atoms in total. The van der Waals surface area contributed by atoms with Crippen LogP contribution in [0.25, 0.3) is 0 Å². The van der Waals surface area contributed by atoms with E-state index in [-0.39, 0.29) is 23.8 Å². The number of hydrogen-bond acceptors (Lipinski definition) is 4. The number of halogens is 3. The van der Waals surface area contributed by atoms with Gasteiger partial charge in [0, 0.05) is 37.2 Å². The first-order chi connectivity index (χ1) is 12.4. The predicted octanol–water partition coefficient (Wildman–Crippen LogP) is 3.74. The number of nitrogens with zero attached hydrogens (tertiary/aromatic N) is 2. The highest BCUT2D eigenvalue weighted by Crippen LogP contribution is 2.33. The Hall–Kier alpha value is -2.59. The van der Waals surface area contributed by atoms with Crippen LogP contribution in [-0.4, -0.2) is 24.2 Å². The third-order valence-corrected chi connectivity index (χ3v) is 4.70. The Morgan fingerprint density at radius 2 is 1.92 bits per heavy atom. The molecule has 0 aliphatic carbocycles. The summed E-state index contributed by atoms with van der Waals surface area (Å²) >= 11 is 0. The van der Waals surface area contributed by atoms with Gasteiger partial charge in [-0.25, -0.2) is 4.98 Å². The van der Waals surface area contributed by atoms with Gasteiger partial charge in [-0.3, -0.25) is 0 Å². The lowest BCUT2D eigenvalue weighted by atomic mass is 9.85. The van der Waals surface area contributed by atoms with E-state index in [0.717, 1.165) is 30.9 Å². The quantitative estimate of drug-likeness (QED) is 0.901. The van der Waals surface area contributed by atoms with E-state index in [1.807, 2.05) is 19.1 Å². The molecule has 2 aromatic rings. The number of nitrogens with one attached hydrogen (secondary N) is 1. The molecular weight excluding hydrogens is 343 g/mol. The topological polar surface area (TPSA) is 57.9 Å². The van der Waals surface area contributed by atoms with Crippen molar-refractivity contribution in [1.29, 1.82) is 5.26 Å². The summed E-state index contributed by atoms with van der Waals surface area (Å²) in [7, 11) is 0. The molecule has 2 heterocycles. The summed E-state index contributed by atoms with van der Waals surface area (Å²) in [6.45, 7) is 3.42. The second-order valence-corrected chi connectivity index (χ2v) is 6.37. The van der Waals surface area contributed by atoms with E-state index in [2.05, 4.69) is 16.4 Å². The number of nitriles is 1. The molecule has 0 spiro atoms. The van der Waals surface area contributed by atoms with Crippen molar-refractivity contribution < 1.29 is 17.9 Å². The molecule has 0 amide bonds. The third-order valence-electron chi connectivity index (χ3n) is 4.70. The first kappa shape index (κ1) is 18.2. The van der Waals surface area contributed by atoms with Crippen molar-refractivity contribution >= 4 is 0 Å². The molecule has 0 bridgehead atoms. The normalized spacial score (nSPS) is 21.2. The number of benzene rings is 1. The minimum absolute atomic E-state index is 0.145. The van der Waals surface area contributed by atoms with Crippen LogP contribution in [0.2, 0.25) is 0 Å². The first-order valence-corrected chi connectivity index (χ1v) is 8.29. The van der Waals surface area contributed by atoms with Crippen molar-refractivity contribution in [1.82, 2.24) is 10.3 Å². The molecule has 0 saturated carbocycles. The molecule has 1 aliphatic rings. The molecule has 7 heteroatoms. The molecule has 136 valence electrons. The van der Waals surface area contributed by atoms with Crippen LogP contribution in [0.4, 0.5) is 13.2 Å². The van der Waals surface area contributed by atoms with Gasteiger partial charge in [0.15, 0.2) is 0 Å². The van der Waals surface area contributed by atoms with Crippen LogP contribution in [-0.2, 0) is 6.18 Å². The molecule has 1 saturated heterocycles. The molecular formula is C19H18F3N3O. The Morgan fingerprint density at radius 1 is 1.19 bits per heavy atom. The number of aromatic nitrogens is 1. The van der Waals surface area contributed by atoms with E-state index in [9.17, 15) is 13.2 Å². The van der Waals surface area contributed by atoms with Gasteiger partial charge in [0.05, 0.1) is 17.2 Å². The average Bonchev–Trinajstić information content (AvgIpc) is 3.11. The third kappa shape index (κ3) is 3.97. The van der Waals surface area contributed by atoms with E-state index in [4.69, 9.17) is 10.00 Å². The van der Waals surface area contributed by atoms with Gasteiger partial charge in [0.1, 0.15) is 6.10 Å². The van der Waals surface area contributed by atoms with Gasteiger partial charge in [-0.15, -0.1) is 0 Å². The molecule has 1 aliphatic heterocycles. The summed E-state index contributed by atoms with van der Waals surface area (Å²) in [6, 6.07) is 11.8. The number of hydrogen-bond donors (Lipinski definition) is 1. The van der Waals surface area contributed by atoms with E-state index < -0.39 is 11.7 Å². The van der Waals surface area contributed by atoms with Gasteiger partial charge in [-0.2, -0.15) is 18.4 Å². The standard InChI is InChI=1S/C19H18F3N3O/c1-12(26-18-7-6-15(9-25-18)19(20,21)22)16-10-24-11-17(16)14-4-2-13(8-23)3-5-14/h2-7,9,12,16-17,24H,10-11H2,1H3/t12?,16-,17+/m0/s1. The maximum Gasteiger partial charge on any atom is 0.417 e. The van der Waals surface area contributed by atoms with Crippen molar-refractivity contribution in [3.8, 4) is 11.9 Å². The Morgan fingerprint density at radius 3 is 2.50 bits per heavy atom. The van der Waals surface area contributed by atoms with Crippen molar-refractivity contribution in [3.63, 3.8) is 0 Å². The van der Waals surface area contributed by atoms with Gasteiger partial charge in [0.2, 0.25) is 5.88 Å². The van der Waals surface area contributed by atoms with Crippen LogP contribution in [0, 0.1) is 17.2 Å². The van der Waals surface area contributed by atoms with Gasteiger partial charge in [-0.05, 0) is 30.7 Å². The summed E-state index contributed by atoms with van der Waals surface area (Å²) in [4.78, 5) is 3.78. The summed E-state index contributed by atoms with van der Waals surface area (Å²) in [5.41, 5.74) is 0.917. The van der Waals surface area contributed by atoms with Crippen molar-refractivity contribution in [3.05, 3.63) is 59.3 Å².